The van der Waals surface area contributed by atoms with E-state index < -0.39 is 0 Å². The van der Waals surface area contributed by atoms with E-state index in [4.69, 9.17) is 5.26 Å². The van der Waals surface area contributed by atoms with Crippen molar-refractivity contribution in [2.45, 2.75) is 25.8 Å². The van der Waals surface area contributed by atoms with Crippen molar-refractivity contribution in [2.75, 3.05) is 6.54 Å². The third-order valence-corrected chi connectivity index (χ3v) is 2.12. The van der Waals surface area contributed by atoms with Gasteiger partial charge in [-0.05, 0) is 37.6 Å². The van der Waals surface area contributed by atoms with Gasteiger partial charge in [0.2, 0.25) is 0 Å². The Morgan fingerprint density at radius 1 is 1.50 bits per heavy atom. The fraction of sp³-hybridized carbons (Fsp3) is 0.455. The molecule has 0 aliphatic carbocycles. The standard InChI is InChI=1S/C11H15N3/c1-10(14-7-3-2-6-12)11-4-8-13-9-5-11/h4-5,8-10,14H,2-3,7H2,1H3/t10-/m1/s1. The van der Waals surface area contributed by atoms with Crippen LogP contribution in [0.15, 0.2) is 24.5 Å². The van der Waals surface area contributed by atoms with Crippen LogP contribution >= 0.6 is 0 Å². The van der Waals surface area contributed by atoms with Crippen LogP contribution in [0.3, 0.4) is 0 Å². The zero-order valence-electron chi connectivity index (χ0n) is 8.40. The zero-order chi connectivity index (χ0) is 10.2. The van der Waals surface area contributed by atoms with Crippen molar-refractivity contribution in [3.05, 3.63) is 30.1 Å². The maximum Gasteiger partial charge on any atom is 0.0622 e. The van der Waals surface area contributed by atoms with E-state index in [1.807, 2.05) is 12.1 Å². The first-order valence-corrected chi connectivity index (χ1v) is 4.85. The Bertz CT molecular complexity index is 289. The molecule has 0 fully saturated rings. The number of nitrogens with one attached hydrogen (secondary N) is 1. The second kappa shape index (κ2) is 6.11. The number of nitrogens with zero attached hydrogens (tertiary/aromatic N) is 2. The minimum atomic E-state index is 0.330. The Balaban J connectivity index is 2.29. The van der Waals surface area contributed by atoms with Gasteiger partial charge in [-0.2, -0.15) is 5.26 Å². The van der Waals surface area contributed by atoms with Gasteiger partial charge in [0.1, 0.15) is 0 Å². The summed E-state index contributed by atoms with van der Waals surface area (Å²) in [6.07, 6.45) is 5.12. The minimum Gasteiger partial charge on any atom is -0.310 e. The molecule has 0 amide bonds. The first-order valence-electron chi connectivity index (χ1n) is 4.85. The molecule has 1 heterocycles. The van der Waals surface area contributed by atoms with E-state index >= 15 is 0 Å². The molecule has 0 aliphatic heterocycles. The number of hydrogen-bond acceptors (Lipinski definition) is 3. The summed E-state index contributed by atoms with van der Waals surface area (Å²) in [6.45, 7) is 3.00. The first kappa shape index (κ1) is 10.7. The lowest BCUT2D eigenvalue weighted by Crippen LogP contribution is -2.19. The highest BCUT2D eigenvalue weighted by Crippen LogP contribution is 2.09. The van der Waals surface area contributed by atoms with Crippen LogP contribution in [0.5, 0.6) is 0 Å². The van der Waals surface area contributed by atoms with Crippen LogP contribution in [0.25, 0.3) is 0 Å². The van der Waals surface area contributed by atoms with E-state index in [-0.39, 0.29) is 0 Å². The molecule has 1 atom stereocenters. The lowest BCUT2D eigenvalue weighted by atomic mass is 10.1. The Morgan fingerprint density at radius 3 is 2.86 bits per heavy atom. The van der Waals surface area contributed by atoms with Crippen molar-refractivity contribution in [3.63, 3.8) is 0 Å². The molecular weight excluding hydrogens is 174 g/mol. The lowest BCUT2D eigenvalue weighted by Gasteiger charge is -2.12. The summed E-state index contributed by atoms with van der Waals surface area (Å²) in [5, 5.41) is 11.7. The largest absolute Gasteiger partial charge is 0.310 e. The second-order valence-corrected chi connectivity index (χ2v) is 3.22. The molecule has 0 saturated heterocycles. The van der Waals surface area contributed by atoms with Crippen LogP contribution in [0.1, 0.15) is 31.4 Å². The molecule has 0 spiro atoms. The summed E-state index contributed by atoms with van der Waals surface area (Å²) in [6, 6.07) is 6.47. The van der Waals surface area contributed by atoms with Crippen LogP contribution in [-0.4, -0.2) is 11.5 Å². The quantitative estimate of drug-likeness (QED) is 0.721. The van der Waals surface area contributed by atoms with Gasteiger partial charge >= 0.3 is 0 Å². The topological polar surface area (TPSA) is 48.7 Å². The number of pyridine rings is 1. The number of aromatic nitrogens is 1. The average Bonchev–Trinajstić information content (AvgIpc) is 2.25. The molecule has 3 heteroatoms. The molecule has 0 unspecified atom stereocenters. The molecule has 1 N–H and O–H groups in total. The van der Waals surface area contributed by atoms with Crippen molar-refractivity contribution in [3.8, 4) is 6.07 Å². The SMILES string of the molecule is C[C@@H](NCCCC#N)c1ccncc1. The maximum atomic E-state index is 8.36. The highest BCUT2D eigenvalue weighted by atomic mass is 14.9. The van der Waals surface area contributed by atoms with Gasteiger partial charge in [-0.25, -0.2) is 0 Å². The summed E-state index contributed by atoms with van der Waals surface area (Å²) in [4.78, 5) is 3.97. The predicted molar refractivity (Wildman–Crippen MR) is 55.5 cm³/mol. The summed E-state index contributed by atoms with van der Waals surface area (Å²) in [7, 11) is 0. The maximum absolute atomic E-state index is 8.36. The third-order valence-electron chi connectivity index (χ3n) is 2.12. The number of rotatable bonds is 5. The van der Waals surface area contributed by atoms with Crippen molar-refractivity contribution >= 4 is 0 Å². The summed E-state index contributed by atoms with van der Waals surface area (Å²) in [5.41, 5.74) is 1.23. The molecule has 1 aromatic rings. The Morgan fingerprint density at radius 2 is 2.21 bits per heavy atom. The molecule has 0 saturated carbocycles. The molecule has 0 bridgehead atoms. The van der Waals surface area contributed by atoms with E-state index in [2.05, 4.69) is 23.3 Å². The highest BCUT2D eigenvalue weighted by molar-refractivity contribution is 5.13. The fourth-order valence-electron chi connectivity index (χ4n) is 1.26. The van der Waals surface area contributed by atoms with Crippen LogP contribution in [0.4, 0.5) is 0 Å². The predicted octanol–water partition coefficient (Wildman–Crippen LogP) is 2.04. The van der Waals surface area contributed by atoms with Gasteiger partial charge in [0.15, 0.2) is 0 Å². The normalized spacial score (nSPS) is 12.0. The summed E-state index contributed by atoms with van der Waals surface area (Å²) in [5.74, 6) is 0. The fourth-order valence-corrected chi connectivity index (χ4v) is 1.26. The molecule has 14 heavy (non-hydrogen) atoms. The first-order chi connectivity index (χ1) is 6.84. The Hall–Kier alpha value is -1.40. The Kier molecular flexibility index (Phi) is 4.66. The number of hydrogen-bond donors (Lipinski definition) is 1. The van der Waals surface area contributed by atoms with Gasteiger partial charge in [-0.1, -0.05) is 0 Å². The summed E-state index contributed by atoms with van der Waals surface area (Å²) >= 11 is 0. The van der Waals surface area contributed by atoms with Crippen LogP contribution < -0.4 is 5.32 Å². The van der Waals surface area contributed by atoms with E-state index in [9.17, 15) is 0 Å². The molecule has 74 valence electrons. The summed E-state index contributed by atoms with van der Waals surface area (Å²) < 4.78 is 0. The number of nitriles is 1. The van der Waals surface area contributed by atoms with Gasteiger partial charge in [0.25, 0.3) is 0 Å². The molecule has 1 aromatic heterocycles. The third kappa shape index (κ3) is 3.55. The van der Waals surface area contributed by atoms with Crippen molar-refractivity contribution in [2.24, 2.45) is 0 Å². The smallest absolute Gasteiger partial charge is 0.0622 e. The molecule has 0 aliphatic rings. The lowest BCUT2D eigenvalue weighted by molar-refractivity contribution is 0.561. The van der Waals surface area contributed by atoms with E-state index in [1.165, 1.54) is 5.56 Å². The zero-order valence-corrected chi connectivity index (χ0v) is 8.40. The molecule has 3 nitrogen and oxygen atoms in total. The molecule has 1 rings (SSSR count). The Labute approximate surface area is 84.8 Å². The molecule has 0 radical (unpaired) electrons. The highest BCUT2D eigenvalue weighted by Gasteiger charge is 2.02. The monoisotopic (exact) mass is 189 g/mol. The van der Waals surface area contributed by atoms with Gasteiger partial charge in [-0.15, -0.1) is 0 Å². The minimum absolute atomic E-state index is 0.330. The molecular formula is C11H15N3. The average molecular weight is 189 g/mol. The molecule has 0 aromatic carbocycles. The van der Waals surface area contributed by atoms with Crippen LogP contribution in [0.2, 0.25) is 0 Å². The second-order valence-electron chi connectivity index (χ2n) is 3.22. The van der Waals surface area contributed by atoms with Crippen molar-refractivity contribution in [1.29, 1.82) is 5.26 Å². The van der Waals surface area contributed by atoms with E-state index in [0.29, 0.717) is 12.5 Å². The van der Waals surface area contributed by atoms with Gasteiger partial charge in [-0.3, -0.25) is 4.98 Å². The van der Waals surface area contributed by atoms with Gasteiger partial charge in [0.05, 0.1) is 6.07 Å². The van der Waals surface area contributed by atoms with Crippen LogP contribution in [-0.2, 0) is 0 Å². The van der Waals surface area contributed by atoms with Crippen molar-refractivity contribution < 1.29 is 0 Å². The van der Waals surface area contributed by atoms with Gasteiger partial charge < -0.3 is 5.32 Å². The van der Waals surface area contributed by atoms with Crippen molar-refractivity contribution in [1.82, 2.24) is 10.3 Å². The van der Waals surface area contributed by atoms with E-state index in [1.54, 1.807) is 12.4 Å². The number of unbranched alkanes of at least 4 members (excludes halogenated alkanes) is 1. The van der Waals surface area contributed by atoms with Gasteiger partial charge in [0, 0.05) is 24.9 Å². The van der Waals surface area contributed by atoms with E-state index in [0.717, 1.165) is 13.0 Å². The van der Waals surface area contributed by atoms with Crippen LogP contribution in [0, 0.1) is 11.3 Å².